The first-order chi connectivity index (χ1) is 6.52. The number of nitrogens with zero attached hydrogens (tertiary/aromatic N) is 3. The maximum Gasteiger partial charge on any atom is 0.422 e. The number of aromatic nitrogens is 2. The van der Waals surface area contributed by atoms with Crippen molar-refractivity contribution in [2.75, 3.05) is 4.90 Å². The molecular weight excluding hydrogens is 258 g/mol. The Labute approximate surface area is 86.1 Å². The standard InChI is InChI=1S/C6H4BrN3O4/c7-3-1-8-2-4(9-3)10(5(11)12)6(13)14/h1-2H,(H,11,12)(H,13,14). The molecule has 0 aliphatic heterocycles. The topological polar surface area (TPSA) is 104 Å². The lowest BCUT2D eigenvalue weighted by Gasteiger charge is -2.11. The fourth-order valence-corrected chi connectivity index (χ4v) is 1.02. The highest BCUT2D eigenvalue weighted by molar-refractivity contribution is 9.10. The number of amides is 2. The molecule has 0 spiro atoms. The van der Waals surface area contributed by atoms with Crippen LogP contribution in [0.15, 0.2) is 17.0 Å². The molecule has 1 aromatic heterocycles. The van der Waals surface area contributed by atoms with E-state index in [9.17, 15) is 9.59 Å². The highest BCUT2D eigenvalue weighted by Crippen LogP contribution is 2.13. The summed E-state index contributed by atoms with van der Waals surface area (Å²) in [5, 5.41) is 17.1. The van der Waals surface area contributed by atoms with E-state index < -0.39 is 12.2 Å². The van der Waals surface area contributed by atoms with Crippen LogP contribution in [0.4, 0.5) is 15.4 Å². The first-order valence-corrected chi connectivity index (χ1v) is 4.05. The highest BCUT2D eigenvalue weighted by Gasteiger charge is 2.23. The van der Waals surface area contributed by atoms with Gasteiger partial charge in [-0.25, -0.2) is 14.6 Å². The van der Waals surface area contributed by atoms with Crippen LogP contribution in [0.2, 0.25) is 0 Å². The van der Waals surface area contributed by atoms with Crippen LogP contribution in [0.1, 0.15) is 0 Å². The molecule has 0 unspecified atom stereocenters. The SMILES string of the molecule is O=C(O)N(C(=O)O)c1cncc(Br)n1. The number of anilines is 1. The number of hydrogen-bond acceptors (Lipinski definition) is 4. The zero-order valence-corrected chi connectivity index (χ0v) is 8.17. The Bertz CT molecular complexity index is 369. The lowest BCUT2D eigenvalue weighted by atomic mass is 10.6. The Morgan fingerprint density at radius 2 is 1.86 bits per heavy atom. The molecule has 14 heavy (non-hydrogen) atoms. The van der Waals surface area contributed by atoms with Crippen LogP contribution in [-0.2, 0) is 0 Å². The van der Waals surface area contributed by atoms with E-state index >= 15 is 0 Å². The molecule has 0 fully saturated rings. The zero-order valence-electron chi connectivity index (χ0n) is 6.59. The molecule has 0 aliphatic carbocycles. The number of carboxylic acid groups (broad SMARTS) is 2. The molecule has 0 aromatic carbocycles. The van der Waals surface area contributed by atoms with Crippen molar-refractivity contribution in [2.24, 2.45) is 0 Å². The van der Waals surface area contributed by atoms with Gasteiger partial charge in [0.2, 0.25) is 0 Å². The summed E-state index contributed by atoms with van der Waals surface area (Å²) in [6, 6.07) is 0. The van der Waals surface area contributed by atoms with Gasteiger partial charge >= 0.3 is 12.2 Å². The molecule has 0 aliphatic rings. The summed E-state index contributed by atoms with van der Waals surface area (Å²) in [7, 11) is 0. The second-order valence-electron chi connectivity index (χ2n) is 2.10. The van der Waals surface area contributed by atoms with Crippen molar-refractivity contribution in [1.29, 1.82) is 0 Å². The molecule has 2 N–H and O–H groups in total. The Kier molecular flexibility index (Phi) is 2.97. The molecule has 1 rings (SSSR count). The van der Waals surface area contributed by atoms with Gasteiger partial charge in [0, 0.05) is 0 Å². The molecule has 7 nitrogen and oxygen atoms in total. The maximum atomic E-state index is 10.5. The Morgan fingerprint density at radius 3 is 2.29 bits per heavy atom. The van der Waals surface area contributed by atoms with Crippen molar-refractivity contribution in [3.63, 3.8) is 0 Å². The summed E-state index contributed by atoms with van der Waals surface area (Å²) in [6.45, 7) is 0. The largest absolute Gasteiger partial charge is 0.464 e. The molecule has 0 bridgehead atoms. The maximum absolute atomic E-state index is 10.5. The molecule has 0 radical (unpaired) electrons. The monoisotopic (exact) mass is 261 g/mol. The summed E-state index contributed by atoms with van der Waals surface area (Å²) < 4.78 is 0.252. The van der Waals surface area contributed by atoms with E-state index in [1.54, 1.807) is 0 Å². The van der Waals surface area contributed by atoms with Gasteiger partial charge in [-0.15, -0.1) is 0 Å². The average molecular weight is 262 g/mol. The lowest BCUT2D eigenvalue weighted by molar-refractivity contribution is 0.184. The number of hydrogen-bond donors (Lipinski definition) is 2. The van der Waals surface area contributed by atoms with Crippen LogP contribution >= 0.6 is 15.9 Å². The van der Waals surface area contributed by atoms with Crippen LogP contribution in [0.3, 0.4) is 0 Å². The minimum absolute atomic E-state index is 0.0672. The van der Waals surface area contributed by atoms with E-state index in [0.29, 0.717) is 0 Å². The second kappa shape index (κ2) is 4.01. The number of halogens is 1. The zero-order chi connectivity index (χ0) is 10.7. The van der Waals surface area contributed by atoms with Crippen LogP contribution in [0, 0.1) is 0 Å². The minimum Gasteiger partial charge on any atom is -0.464 e. The molecule has 0 saturated carbocycles. The molecule has 1 aromatic rings. The van der Waals surface area contributed by atoms with E-state index in [-0.39, 0.29) is 15.3 Å². The predicted octanol–water partition coefficient (Wildman–Crippen LogP) is 1.40. The molecule has 1 heterocycles. The van der Waals surface area contributed by atoms with Crippen LogP contribution in [-0.4, -0.2) is 32.4 Å². The average Bonchev–Trinajstić information content (AvgIpc) is 2.02. The van der Waals surface area contributed by atoms with E-state index in [4.69, 9.17) is 10.2 Å². The third-order valence-electron chi connectivity index (χ3n) is 1.20. The lowest BCUT2D eigenvalue weighted by Crippen LogP contribution is -2.35. The van der Waals surface area contributed by atoms with E-state index in [0.717, 1.165) is 6.20 Å². The summed E-state index contributed by atoms with van der Waals surface area (Å²) in [5.74, 6) is -0.278. The quantitative estimate of drug-likeness (QED) is 0.792. The van der Waals surface area contributed by atoms with Gasteiger partial charge < -0.3 is 10.2 Å². The van der Waals surface area contributed by atoms with Gasteiger partial charge in [0.1, 0.15) is 4.60 Å². The van der Waals surface area contributed by atoms with E-state index in [2.05, 4.69) is 25.9 Å². The predicted molar refractivity (Wildman–Crippen MR) is 48.3 cm³/mol. The number of imide groups is 1. The molecule has 2 amide bonds. The van der Waals surface area contributed by atoms with Gasteiger partial charge in [0.25, 0.3) is 0 Å². The highest BCUT2D eigenvalue weighted by atomic mass is 79.9. The van der Waals surface area contributed by atoms with Gasteiger partial charge in [-0.1, -0.05) is 0 Å². The van der Waals surface area contributed by atoms with Crippen molar-refractivity contribution >= 4 is 33.9 Å². The first kappa shape index (κ1) is 10.4. The number of carbonyl (C=O) groups is 2. The summed E-state index contributed by atoms with van der Waals surface area (Å²) in [6.07, 6.45) is -0.923. The van der Waals surface area contributed by atoms with Gasteiger partial charge in [-0.2, -0.15) is 4.90 Å². The Morgan fingerprint density at radius 1 is 1.29 bits per heavy atom. The summed E-state index contributed by atoms with van der Waals surface area (Å²) >= 11 is 2.94. The fourth-order valence-electron chi connectivity index (χ4n) is 0.718. The minimum atomic E-state index is -1.63. The normalized spacial score (nSPS) is 9.50. The van der Waals surface area contributed by atoms with E-state index in [1.165, 1.54) is 6.20 Å². The third-order valence-corrected chi connectivity index (χ3v) is 1.59. The first-order valence-electron chi connectivity index (χ1n) is 3.26. The molecular formula is C6H4BrN3O4. The van der Waals surface area contributed by atoms with Crippen LogP contribution in [0.25, 0.3) is 0 Å². The van der Waals surface area contributed by atoms with E-state index in [1.807, 2.05) is 0 Å². The molecule has 74 valence electrons. The van der Waals surface area contributed by atoms with Crippen molar-refractivity contribution in [2.45, 2.75) is 0 Å². The summed E-state index contributed by atoms with van der Waals surface area (Å²) in [5.41, 5.74) is 0. The Hall–Kier alpha value is -1.70. The third kappa shape index (κ3) is 2.16. The fraction of sp³-hybridized carbons (Fsp3) is 0. The summed E-state index contributed by atoms with van der Waals surface area (Å²) in [4.78, 5) is 28.3. The van der Waals surface area contributed by atoms with Gasteiger partial charge in [0.05, 0.1) is 12.4 Å². The molecule has 0 atom stereocenters. The van der Waals surface area contributed by atoms with Gasteiger partial charge in [-0.3, -0.25) is 4.98 Å². The van der Waals surface area contributed by atoms with Crippen molar-refractivity contribution in [3.05, 3.63) is 17.0 Å². The van der Waals surface area contributed by atoms with Crippen LogP contribution < -0.4 is 4.90 Å². The van der Waals surface area contributed by atoms with Crippen molar-refractivity contribution < 1.29 is 19.8 Å². The Balaban J connectivity index is 3.12. The smallest absolute Gasteiger partial charge is 0.422 e. The van der Waals surface area contributed by atoms with Crippen LogP contribution in [0.5, 0.6) is 0 Å². The molecule has 0 saturated heterocycles. The van der Waals surface area contributed by atoms with Crippen molar-refractivity contribution in [3.8, 4) is 0 Å². The second-order valence-corrected chi connectivity index (χ2v) is 2.91. The van der Waals surface area contributed by atoms with Gasteiger partial charge in [0.15, 0.2) is 5.82 Å². The number of rotatable bonds is 1. The molecule has 8 heteroatoms. The van der Waals surface area contributed by atoms with Gasteiger partial charge in [-0.05, 0) is 15.9 Å². The van der Waals surface area contributed by atoms with Crippen molar-refractivity contribution in [1.82, 2.24) is 9.97 Å².